The van der Waals surface area contributed by atoms with Crippen LogP contribution in [0, 0.1) is 25.2 Å². The van der Waals surface area contributed by atoms with E-state index in [9.17, 15) is 9.59 Å². The number of piperazine rings is 1. The van der Waals surface area contributed by atoms with Gasteiger partial charge in [-0.05, 0) is 45.0 Å². The SMILES string of the molecule is Cc1cc(C(=O)N2CCN([C@H](C)C(=O)Nc3cccc(C#N)c3)CC2)c(C)o1. The first-order valence-corrected chi connectivity index (χ1v) is 9.30. The monoisotopic (exact) mass is 380 g/mol. The summed E-state index contributed by atoms with van der Waals surface area (Å²) in [5, 5.41) is 11.8. The van der Waals surface area contributed by atoms with Crippen LogP contribution in [0.3, 0.4) is 0 Å². The lowest BCUT2D eigenvalue weighted by Gasteiger charge is -2.37. The third kappa shape index (κ3) is 4.24. The van der Waals surface area contributed by atoms with Crippen molar-refractivity contribution >= 4 is 17.5 Å². The Hall–Kier alpha value is -3.11. The van der Waals surface area contributed by atoms with E-state index in [-0.39, 0.29) is 17.9 Å². The molecule has 3 rings (SSSR count). The van der Waals surface area contributed by atoms with Crippen LogP contribution in [0.5, 0.6) is 0 Å². The van der Waals surface area contributed by atoms with Gasteiger partial charge in [0.15, 0.2) is 0 Å². The van der Waals surface area contributed by atoms with Gasteiger partial charge in [0.2, 0.25) is 5.91 Å². The molecule has 7 heteroatoms. The van der Waals surface area contributed by atoms with E-state index in [0.717, 1.165) is 5.76 Å². The highest BCUT2D eigenvalue weighted by molar-refractivity contribution is 5.96. The molecule has 0 radical (unpaired) electrons. The molecule has 2 aromatic rings. The van der Waals surface area contributed by atoms with E-state index in [2.05, 4.69) is 16.3 Å². The summed E-state index contributed by atoms with van der Waals surface area (Å²) in [6, 6.07) is 10.3. The molecule has 0 saturated carbocycles. The third-order valence-electron chi connectivity index (χ3n) is 5.06. The van der Waals surface area contributed by atoms with Gasteiger partial charge in [-0.2, -0.15) is 5.26 Å². The summed E-state index contributed by atoms with van der Waals surface area (Å²) in [5.41, 5.74) is 1.71. The van der Waals surface area contributed by atoms with Crippen LogP contribution in [-0.2, 0) is 4.79 Å². The number of nitrogens with one attached hydrogen (secondary N) is 1. The van der Waals surface area contributed by atoms with Crippen LogP contribution < -0.4 is 5.32 Å². The molecule has 1 aromatic heterocycles. The summed E-state index contributed by atoms with van der Waals surface area (Å²) >= 11 is 0. The Morgan fingerprint density at radius 1 is 1.18 bits per heavy atom. The van der Waals surface area contributed by atoms with Crippen molar-refractivity contribution in [3.8, 4) is 6.07 Å². The molecule has 1 aliphatic rings. The number of carbonyl (C=O) groups excluding carboxylic acids is 2. The predicted molar refractivity (Wildman–Crippen MR) is 105 cm³/mol. The molecule has 7 nitrogen and oxygen atoms in total. The molecule has 1 fully saturated rings. The fraction of sp³-hybridized carbons (Fsp3) is 0.381. The summed E-state index contributed by atoms with van der Waals surface area (Å²) in [6.07, 6.45) is 0. The molecule has 146 valence electrons. The number of nitriles is 1. The first-order chi connectivity index (χ1) is 13.4. The number of benzene rings is 1. The van der Waals surface area contributed by atoms with Crippen molar-refractivity contribution in [1.29, 1.82) is 5.26 Å². The maximum Gasteiger partial charge on any atom is 0.257 e. The van der Waals surface area contributed by atoms with E-state index in [4.69, 9.17) is 9.68 Å². The van der Waals surface area contributed by atoms with Gasteiger partial charge in [-0.1, -0.05) is 6.07 Å². The average Bonchev–Trinajstić information content (AvgIpc) is 3.05. The van der Waals surface area contributed by atoms with Gasteiger partial charge in [0.25, 0.3) is 5.91 Å². The highest BCUT2D eigenvalue weighted by atomic mass is 16.3. The number of furan rings is 1. The van der Waals surface area contributed by atoms with Crippen LogP contribution in [0.25, 0.3) is 0 Å². The topological polar surface area (TPSA) is 89.6 Å². The zero-order valence-electron chi connectivity index (χ0n) is 16.4. The third-order valence-corrected chi connectivity index (χ3v) is 5.06. The quantitative estimate of drug-likeness (QED) is 0.880. The van der Waals surface area contributed by atoms with Crippen LogP contribution in [0.1, 0.15) is 34.4 Å². The smallest absolute Gasteiger partial charge is 0.257 e. The summed E-state index contributed by atoms with van der Waals surface area (Å²) in [5.74, 6) is 1.21. The molecule has 0 aliphatic carbocycles. The Balaban J connectivity index is 1.56. The van der Waals surface area contributed by atoms with E-state index in [0.29, 0.717) is 48.8 Å². The fourth-order valence-electron chi connectivity index (χ4n) is 3.40. The van der Waals surface area contributed by atoms with Crippen LogP contribution in [0.4, 0.5) is 5.69 Å². The van der Waals surface area contributed by atoms with Gasteiger partial charge in [-0.3, -0.25) is 14.5 Å². The summed E-state index contributed by atoms with van der Waals surface area (Å²) in [4.78, 5) is 29.1. The standard InChI is InChI=1S/C21H24N4O3/c1-14-11-19(16(3)28-14)21(27)25-9-7-24(8-10-25)15(2)20(26)23-18-6-4-5-17(12-18)13-22/h4-6,11-12,15H,7-10H2,1-3H3,(H,23,26)/t15-/m1/s1. The van der Waals surface area contributed by atoms with Crippen molar-refractivity contribution in [1.82, 2.24) is 9.80 Å². The minimum atomic E-state index is -0.333. The molecule has 0 bridgehead atoms. The summed E-state index contributed by atoms with van der Waals surface area (Å²) < 4.78 is 5.46. The number of anilines is 1. The van der Waals surface area contributed by atoms with Gasteiger partial charge in [0, 0.05) is 31.9 Å². The Kier molecular flexibility index (Phi) is 5.81. The van der Waals surface area contributed by atoms with Gasteiger partial charge in [0.1, 0.15) is 11.5 Å². The van der Waals surface area contributed by atoms with E-state index in [1.54, 1.807) is 42.2 Å². The van der Waals surface area contributed by atoms with Crippen LogP contribution in [0.2, 0.25) is 0 Å². The molecule has 28 heavy (non-hydrogen) atoms. The molecule has 1 atom stereocenters. The van der Waals surface area contributed by atoms with Crippen LogP contribution in [-0.4, -0.2) is 53.8 Å². The first kappa shape index (κ1) is 19.6. The number of hydrogen-bond donors (Lipinski definition) is 1. The Morgan fingerprint density at radius 3 is 2.50 bits per heavy atom. The molecule has 2 heterocycles. The lowest BCUT2D eigenvalue weighted by atomic mass is 10.1. The maximum absolute atomic E-state index is 12.7. The largest absolute Gasteiger partial charge is 0.466 e. The molecule has 0 unspecified atom stereocenters. The Labute approximate surface area is 164 Å². The number of carbonyl (C=O) groups is 2. The van der Waals surface area contributed by atoms with Gasteiger partial charge in [-0.15, -0.1) is 0 Å². The normalized spacial score (nSPS) is 15.7. The summed E-state index contributed by atoms with van der Waals surface area (Å²) in [7, 11) is 0. The number of aryl methyl sites for hydroxylation is 2. The van der Waals surface area contributed by atoms with Gasteiger partial charge >= 0.3 is 0 Å². The first-order valence-electron chi connectivity index (χ1n) is 9.30. The molecule has 1 aromatic carbocycles. The number of rotatable bonds is 4. The Morgan fingerprint density at radius 2 is 1.89 bits per heavy atom. The van der Waals surface area contributed by atoms with Crippen molar-refractivity contribution in [3.05, 3.63) is 53.0 Å². The number of hydrogen-bond acceptors (Lipinski definition) is 5. The lowest BCUT2D eigenvalue weighted by Crippen LogP contribution is -2.54. The highest BCUT2D eigenvalue weighted by Crippen LogP contribution is 2.18. The Bertz CT molecular complexity index is 920. The van der Waals surface area contributed by atoms with Crippen molar-refractivity contribution in [3.63, 3.8) is 0 Å². The number of nitrogens with zero attached hydrogens (tertiary/aromatic N) is 3. The van der Waals surface area contributed by atoms with Gasteiger partial charge in [0.05, 0.1) is 23.2 Å². The molecular formula is C21H24N4O3. The van der Waals surface area contributed by atoms with Crippen molar-refractivity contribution < 1.29 is 14.0 Å². The molecule has 1 N–H and O–H groups in total. The van der Waals surface area contributed by atoms with E-state index in [1.165, 1.54) is 0 Å². The molecule has 1 saturated heterocycles. The minimum Gasteiger partial charge on any atom is -0.466 e. The zero-order valence-corrected chi connectivity index (χ0v) is 16.4. The predicted octanol–water partition coefficient (Wildman–Crippen LogP) is 2.55. The average molecular weight is 380 g/mol. The van der Waals surface area contributed by atoms with Gasteiger partial charge in [-0.25, -0.2) is 0 Å². The minimum absolute atomic E-state index is 0.0283. The zero-order chi connectivity index (χ0) is 20.3. The van der Waals surface area contributed by atoms with Crippen molar-refractivity contribution in [2.45, 2.75) is 26.8 Å². The molecule has 0 spiro atoms. The van der Waals surface area contributed by atoms with Crippen molar-refractivity contribution in [2.24, 2.45) is 0 Å². The van der Waals surface area contributed by atoms with E-state index in [1.807, 2.05) is 13.8 Å². The number of amides is 2. The second kappa shape index (κ2) is 8.28. The van der Waals surface area contributed by atoms with Crippen LogP contribution in [0.15, 0.2) is 34.7 Å². The second-order valence-corrected chi connectivity index (χ2v) is 7.01. The van der Waals surface area contributed by atoms with Crippen LogP contribution >= 0.6 is 0 Å². The highest BCUT2D eigenvalue weighted by Gasteiger charge is 2.29. The van der Waals surface area contributed by atoms with E-state index < -0.39 is 0 Å². The van der Waals surface area contributed by atoms with Gasteiger partial charge < -0.3 is 14.6 Å². The fourth-order valence-corrected chi connectivity index (χ4v) is 3.40. The second-order valence-electron chi connectivity index (χ2n) is 7.01. The van der Waals surface area contributed by atoms with Crippen molar-refractivity contribution in [2.75, 3.05) is 31.5 Å². The molecule has 1 aliphatic heterocycles. The molecular weight excluding hydrogens is 356 g/mol. The lowest BCUT2D eigenvalue weighted by molar-refractivity contribution is -0.121. The molecule has 2 amide bonds. The maximum atomic E-state index is 12.7. The summed E-state index contributed by atoms with van der Waals surface area (Å²) in [6.45, 7) is 7.83. The van der Waals surface area contributed by atoms with E-state index >= 15 is 0 Å².